The summed E-state index contributed by atoms with van der Waals surface area (Å²) in [6.45, 7) is 1.96. The van der Waals surface area contributed by atoms with E-state index < -0.39 is 0 Å². The SMILES string of the molecule is Cc1ccc(CCC(=O)Nc2ccn(C)n2)cc1Cl. The number of amides is 1. The van der Waals surface area contributed by atoms with Gasteiger partial charge in [0.25, 0.3) is 0 Å². The summed E-state index contributed by atoms with van der Waals surface area (Å²) < 4.78 is 1.65. The first kappa shape index (κ1) is 13.6. The van der Waals surface area contributed by atoms with Gasteiger partial charge in [-0.25, -0.2) is 0 Å². The molecule has 19 heavy (non-hydrogen) atoms. The van der Waals surface area contributed by atoms with Crippen LogP contribution in [-0.2, 0) is 18.3 Å². The second-order valence-electron chi connectivity index (χ2n) is 4.51. The molecule has 4 nitrogen and oxygen atoms in total. The lowest BCUT2D eigenvalue weighted by atomic mass is 10.1. The van der Waals surface area contributed by atoms with Gasteiger partial charge in [-0.3, -0.25) is 9.48 Å². The van der Waals surface area contributed by atoms with E-state index in [-0.39, 0.29) is 5.91 Å². The van der Waals surface area contributed by atoms with Crippen LogP contribution in [0.5, 0.6) is 0 Å². The summed E-state index contributed by atoms with van der Waals surface area (Å²) in [7, 11) is 1.81. The van der Waals surface area contributed by atoms with E-state index in [4.69, 9.17) is 11.6 Å². The zero-order chi connectivity index (χ0) is 13.8. The van der Waals surface area contributed by atoms with Gasteiger partial charge in [-0.2, -0.15) is 5.10 Å². The lowest BCUT2D eigenvalue weighted by Crippen LogP contribution is -2.13. The minimum atomic E-state index is -0.0459. The number of rotatable bonds is 4. The number of hydrogen-bond donors (Lipinski definition) is 1. The molecule has 1 N–H and O–H groups in total. The van der Waals surface area contributed by atoms with E-state index in [1.165, 1.54) is 0 Å². The molecular weight excluding hydrogens is 262 g/mol. The molecular formula is C14H16ClN3O. The molecule has 0 saturated heterocycles. The van der Waals surface area contributed by atoms with E-state index in [1.54, 1.807) is 16.9 Å². The highest BCUT2D eigenvalue weighted by molar-refractivity contribution is 6.31. The normalized spacial score (nSPS) is 10.5. The summed E-state index contributed by atoms with van der Waals surface area (Å²) >= 11 is 6.05. The highest BCUT2D eigenvalue weighted by Crippen LogP contribution is 2.17. The quantitative estimate of drug-likeness (QED) is 0.934. The third kappa shape index (κ3) is 3.83. The smallest absolute Gasteiger partial charge is 0.225 e. The number of benzene rings is 1. The van der Waals surface area contributed by atoms with Crippen LogP contribution in [0.3, 0.4) is 0 Å². The van der Waals surface area contributed by atoms with Crippen molar-refractivity contribution >= 4 is 23.3 Å². The number of anilines is 1. The standard InChI is InChI=1S/C14H16ClN3O/c1-10-3-4-11(9-12(10)15)5-6-14(19)16-13-7-8-18(2)17-13/h3-4,7-9H,5-6H2,1-2H3,(H,16,17,19). The minimum Gasteiger partial charge on any atom is -0.309 e. The molecule has 1 heterocycles. The first-order valence-corrected chi connectivity index (χ1v) is 6.47. The fourth-order valence-electron chi connectivity index (χ4n) is 1.74. The first-order chi connectivity index (χ1) is 9.04. The lowest BCUT2D eigenvalue weighted by Gasteiger charge is -2.04. The topological polar surface area (TPSA) is 46.9 Å². The summed E-state index contributed by atoms with van der Waals surface area (Å²) in [5.74, 6) is 0.532. The molecule has 1 aromatic carbocycles. The van der Waals surface area contributed by atoms with Crippen molar-refractivity contribution in [3.63, 3.8) is 0 Å². The predicted molar refractivity (Wildman–Crippen MR) is 76.3 cm³/mol. The van der Waals surface area contributed by atoms with Crippen molar-refractivity contribution in [3.05, 3.63) is 46.6 Å². The maximum atomic E-state index is 11.8. The van der Waals surface area contributed by atoms with Crippen LogP contribution < -0.4 is 5.32 Å². The summed E-state index contributed by atoms with van der Waals surface area (Å²) in [6.07, 6.45) is 2.87. The van der Waals surface area contributed by atoms with Crippen LogP contribution in [0.4, 0.5) is 5.82 Å². The summed E-state index contributed by atoms with van der Waals surface area (Å²) in [5.41, 5.74) is 2.11. The molecule has 0 aliphatic rings. The predicted octanol–water partition coefficient (Wildman–Crippen LogP) is 2.95. The number of aryl methyl sites for hydroxylation is 3. The van der Waals surface area contributed by atoms with Crippen LogP contribution in [0.1, 0.15) is 17.5 Å². The third-order valence-electron chi connectivity index (χ3n) is 2.86. The van der Waals surface area contributed by atoms with Crippen LogP contribution in [-0.4, -0.2) is 15.7 Å². The Bertz CT molecular complexity index is 592. The van der Waals surface area contributed by atoms with Crippen molar-refractivity contribution in [1.82, 2.24) is 9.78 Å². The molecule has 2 rings (SSSR count). The molecule has 1 aromatic heterocycles. The van der Waals surface area contributed by atoms with Gasteiger partial charge in [0.05, 0.1) is 0 Å². The number of carbonyl (C=O) groups excluding carboxylic acids is 1. The molecule has 0 radical (unpaired) electrons. The Labute approximate surface area is 117 Å². The molecule has 0 atom stereocenters. The Morgan fingerprint density at radius 3 is 2.84 bits per heavy atom. The fourth-order valence-corrected chi connectivity index (χ4v) is 1.94. The molecule has 0 unspecified atom stereocenters. The average molecular weight is 278 g/mol. The second-order valence-corrected chi connectivity index (χ2v) is 4.91. The Morgan fingerprint density at radius 1 is 1.42 bits per heavy atom. The minimum absolute atomic E-state index is 0.0459. The molecule has 0 bridgehead atoms. The number of halogens is 1. The second kappa shape index (κ2) is 5.89. The largest absolute Gasteiger partial charge is 0.309 e. The van der Waals surface area contributed by atoms with Crippen molar-refractivity contribution in [2.75, 3.05) is 5.32 Å². The number of aromatic nitrogens is 2. The third-order valence-corrected chi connectivity index (χ3v) is 3.27. The zero-order valence-corrected chi connectivity index (χ0v) is 11.7. The Balaban J connectivity index is 1.88. The number of nitrogens with one attached hydrogen (secondary N) is 1. The van der Waals surface area contributed by atoms with Crippen molar-refractivity contribution in [2.45, 2.75) is 19.8 Å². The summed E-state index contributed by atoms with van der Waals surface area (Å²) in [4.78, 5) is 11.8. The van der Waals surface area contributed by atoms with Crippen molar-refractivity contribution < 1.29 is 4.79 Å². The van der Waals surface area contributed by atoms with Gasteiger partial charge in [-0.1, -0.05) is 23.7 Å². The highest BCUT2D eigenvalue weighted by atomic mass is 35.5. The van der Waals surface area contributed by atoms with E-state index in [0.29, 0.717) is 18.7 Å². The lowest BCUT2D eigenvalue weighted by molar-refractivity contribution is -0.116. The zero-order valence-electron chi connectivity index (χ0n) is 11.0. The summed E-state index contributed by atoms with van der Waals surface area (Å²) in [5, 5.41) is 7.59. The molecule has 0 spiro atoms. The van der Waals surface area contributed by atoms with Crippen LogP contribution in [0.25, 0.3) is 0 Å². The van der Waals surface area contributed by atoms with Gasteiger partial charge in [0.2, 0.25) is 5.91 Å². The fraction of sp³-hybridized carbons (Fsp3) is 0.286. The van der Waals surface area contributed by atoms with Crippen LogP contribution in [0, 0.1) is 6.92 Å². The van der Waals surface area contributed by atoms with E-state index in [9.17, 15) is 4.79 Å². The van der Waals surface area contributed by atoms with Gasteiger partial charge in [0.15, 0.2) is 5.82 Å². The van der Waals surface area contributed by atoms with Gasteiger partial charge in [-0.15, -0.1) is 0 Å². The summed E-state index contributed by atoms with van der Waals surface area (Å²) in [6, 6.07) is 7.63. The molecule has 0 aliphatic carbocycles. The molecule has 0 saturated carbocycles. The van der Waals surface area contributed by atoms with Crippen molar-refractivity contribution in [1.29, 1.82) is 0 Å². The Kier molecular flexibility index (Phi) is 4.22. The van der Waals surface area contributed by atoms with Crippen LogP contribution in [0.2, 0.25) is 5.02 Å². The number of nitrogens with zero attached hydrogens (tertiary/aromatic N) is 2. The van der Waals surface area contributed by atoms with Crippen LogP contribution in [0.15, 0.2) is 30.5 Å². The molecule has 1 amide bonds. The molecule has 100 valence electrons. The first-order valence-electron chi connectivity index (χ1n) is 6.09. The van der Waals surface area contributed by atoms with E-state index >= 15 is 0 Å². The maximum absolute atomic E-state index is 11.8. The molecule has 5 heteroatoms. The number of carbonyl (C=O) groups is 1. The van der Waals surface area contributed by atoms with Crippen molar-refractivity contribution in [2.24, 2.45) is 7.05 Å². The van der Waals surface area contributed by atoms with Crippen LogP contribution >= 0.6 is 11.6 Å². The van der Waals surface area contributed by atoms with E-state index in [2.05, 4.69) is 10.4 Å². The monoisotopic (exact) mass is 277 g/mol. The average Bonchev–Trinajstić information content (AvgIpc) is 2.76. The van der Waals surface area contributed by atoms with E-state index in [1.807, 2.05) is 32.2 Å². The Morgan fingerprint density at radius 2 is 2.21 bits per heavy atom. The number of hydrogen-bond acceptors (Lipinski definition) is 2. The van der Waals surface area contributed by atoms with Gasteiger partial charge in [0, 0.05) is 30.8 Å². The highest BCUT2D eigenvalue weighted by Gasteiger charge is 2.05. The maximum Gasteiger partial charge on any atom is 0.225 e. The molecule has 0 aliphatic heterocycles. The molecule has 0 fully saturated rings. The van der Waals surface area contributed by atoms with Gasteiger partial charge >= 0.3 is 0 Å². The van der Waals surface area contributed by atoms with Gasteiger partial charge < -0.3 is 5.32 Å². The van der Waals surface area contributed by atoms with Gasteiger partial charge in [0.1, 0.15) is 0 Å². The molecule has 2 aromatic rings. The Hall–Kier alpha value is -1.81. The van der Waals surface area contributed by atoms with E-state index in [0.717, 1.165) is 16.1 Å². The van der Waals surface area contributed by atoms with Crippen molar-refractivity contribution in [3.8, 4) is 0 Å². The van der Waals surface area contributed by atoms with Gasteiger partial charge in [-0.05, 0) is 30.5 Å².